The molecule has 0 aliphatic carbocycles. The molecule has 1 atom stereocenters. The number of aryl methyl sites for hydroxylation is 1. The van der Waals surface area contributed by atoms with Crippen molar-refractivity contribution in [3.8, 4) is 0 Å². The number of oxazole rings is 1. The number of alkyl halides is 3. The highest BCUT2D eigenvalue weighted by atomic mass is 19.4. The third-order valence-corrected chi connectivity index (χ3v) is 1.85. The number of nitrogens with zero attached hydrogens (tertiary/aromatic N) is 1. The van der Waals surface area contributed by atoms with Crippen LogP contribution in [0.3, 0.4) is 0 Å². The molecule has 0 saturated heterocycles. The highest BCUT2D eigenvalue weighted by Crippen LogP contribution is 2.41. The van der Waals surface area contributed by atoms with Gasteiger partial charge in [-0.2, -0.15) is 13.2 Å². The average molecular weight is 239 g/mol. The number of hydrogen-bond donors (Lipinski definition) is 2. The summed E-state index contributed by atoms with van der Waals surface area (Å²) >= 11 is 0. The van der Waals surface area contributed by atoms with E-state index in [0.29, 0.717) is 0 Å². The van der Waals surface area contributed by atoms with Crippen LogP contribution in [0.15, 0.2) is 10.6 Å². The summed E-state index contributed by atoms with van der Waals surface area (Å²) in [4.78, 5) is 13.5. The Morgan fingerprint density at radius 1 is 1.56 bits per heavy atom. The number of carboxylic acids is 1. The Labute approximate surface area is 87.5 Å². The fraction of sp³-hybridized carbons (Fsp3) is 0.500. The fourth-order valence-electron chi connectivity index (χ4n) is 1.06. The summed E-state index contributed by atoms with van der Waals surface area (Å²) in [7, 11) is 0. The minimum absolute atomic E-state index is 0.0445. The van der Waals surface area contributed by atoms with Crippen LogP contribution in [-0.4, -0.2) is 27.3 Å². The van der Waals surface area contributed by atoms with Crippen LogP contribution in [-0.2, 0) is 10.4 Å². The first-order valence-electron chi connectivity index (χ1n) is 4.10. The maximum absolute atomic E-state index is 12.5. The highest BCUT2D eigenvalue weighted by molar-refractivity contribution is 5.68. The second-order valence-corrected chi connectivity index (χ2v) is 3.20. The maximum Gasteiger partial charge on any atom is 0.426 e. The van der Waals surface area contributed by atoms with E-state index in [2.05, 4.69) is 9.40 Å². The van der Waals surface area contributed by atoms with Gasteiger partial charge in [-0.05, 0) is 6.92 Å². The number of aliphatic carboxylic acids is 1. The molecule has 0 aromatic carbocycles. The second-order valence-electron chi connectivity index (χ2n) is 3.20. The second kappa shape index (κ2) is 3.78. The topological polar surface area (TPSA) is 83.6 Å². The zero-order chi connectivity index (χ0) is 12.6. The van der Waals surface area contributed by atoms with Crippen molar-refractivity contribution in [2.45, 2.75) is 25.1 Å². The Kier molecular flexibility index (Phi) is 2.95. The van der Waals surface area contributed by atoms with E-state index in [1.54, 1.807) is 0 Å². The van der Waals surface area contributed by atoms with Gasteiger partial charge in [0.2, 0.25) is 11.5 Å². The summed E-state index contributed by atoms with van der Waals surface area (Å²) in [6.45, 7) is 1.33. The standard InChI is InChI=1S/C8H8F3NO4/c1-4-3-12-6(16-4)7(15,2-5(13)14)8(9,10)11/h3,15H,2H2,1H3,(H,13,14). The van der Waals surface area contributed by atoms with E-state index in [9.17, 15) is 23.1 Å². The number of carboxylic acid groups (broad SMARTS) is 1. The summed E-state index contributed by atoms with van der Waals surface area (Å²) in [5.41, 5.74) is -3.60. The van der Waals surface area contributed by atoms with Crippen molar-refractivity contribution in [2.75, 3.05) is 0 Å². The van der Waals surface area contributed by atoms with Gasteiger partial charge in [0.15, 0.2) is 0 Å². The molecule has 1 aromatic heterocycles. The molecule has 0 fully saturated rings. The molecule has 1 heterocycles. The molecule has 0 aliphatic rings. The molecule has 0 saturated carbocycles. The van der Waals surface area contributed by atoms with Gasteiger partial charge in [0.05, 0.1) is 12.6 Å². The lowest BCUT2D eigenvalue weighted by atomic mass is 9.99. The first-order valence-corrected chi connectivity index (χ1v) is 4.10. The number of aromatic nitrogens is 1. The number of hydrogen-bond acceptors (Lipinski definition) is 4. The maximum atomic E-state index is 12.5. The SMILES string of the molecule is Cc1cnc(C(O)(CC(=O)O)C(F)(F)F)o1. The van der Waals surface area contributed by atoms with Crippen molar-refractivity contribution < 1.29 is 32.6 Å². The van der Waals surface area contributed by atoms with E-state index < -0.39 is 30.1 Å². The van der Waals surface area contributed by atoms with E-state index in [-0.39, 0.29) is 5.76 Å². The monoisotopic (exact) mass is 239 g/mol. The first kappa shape index (κ1) is 12.5. The van der Waals surface area contributed by atoms with Crippen LogP contribution in [0.2, 0.25) is 0 Å². The minimum Gasteiger partial charge on any atom is -0.481 e. The Morgan fingerprint density at radius 2 is 2.12 bits per heavy atom. The summed E-state index contributed by atoms with van der Waals surface area (Å²) < 4.78 is 42.2. The number of rotatable bonds is 3. The van der Waals surface area contributed by atoms with E-state index in [1.165, 1.54) is 6.92 Å². The van der Waals surface area contributed by atoms with Crippen molar-refractivity contribution in [1.29, 1.82) is 0 Å². The smallest absolute Gasteiger partial charge is 0.426 e. The number of aliphatic hydroxyl groups is 1. The predicted molar refractivity (Wildman–Crippen MR) is 43.4 cm³/mol. The van der Waals surface area contributed by atoms with Gasteiger partial charge in [-0.25, -0.2) is 4.98 Å². The first-order chi connectivity index (χ1) is 7.17. The molecule has 1 rings (SSSR count). The lowest BCUT2D eigenvalue weighted by molar-refractivity contribution is -0.276. The lowest BCUT2D eigenvalue weighted by Crippen LogP contribution is -2.44. The van der Waals surface area contributed by atoms with Crippen molar-refractivity contribution in [3.63, 3.8) is 0 Å². The van der Waals surface area contributed by atoms with Gasteiger partial charge in [0.25, 0.3) is 0 Å². The zero-order valence-corrected chi connectivity index (χ0v) is 8.08. The van der Waals surface area contributed by atoms with Crippen LogP contribution in [0.1, 0.15) is 18.1 Å². The normalized spacial score (nSPS) is 15.8. The van der Waals surface area contributed by atoms with E-state index in [1.807, 2.05) is 0 Å². The van der Waals surface area contributed by atoms with E-state index in [4.69, 9.17) is 5.11 Å². The van der Waals surface area contributed by atoms with Crippen LogP contribution in [0.25, 0.3) is 0 Å². The predicted octanol–water partition coefficient (Wildman–Crippen LogP) is 1.21. The summed E-state index contributed by atoms with van der Waals surface area (Å²) in [6, 6.07) is 0. The van der Waals surface area contributed by atoms with Gasteiger partial charge in [-0.15, -0.1) is 0 Å². The highest BCUT2D eigenvalue weighted by Gasteiger charge is 2.59. The molecule has 16 heavy (non-hydrogen) atoms. The van der Waals surface area contributed by atoms with Crippen molar-refractivity contribution >= 4 is 5.97 Å². The van der Waals surface area contributed by atoms with Gasteiger partial charge < -0.3 is 14.6 Å². The Morgan fingerprint density at radius 3 is 2.44 bits per heavy atom. The van der Waals surface area contributed by atoms with E-state index in [0.717, 1.165) is 6.20 Å². The van der Waals surface area contributed by atoms with Crippen molar-refractivity contribution in [2.24, 2.45) is 0 Å². The number of carbonyl (C=O) groups is 1. The van der Waals surface area contributed by atoms with Gasteiger partial charge in [0, 0.05) is 0 Å². The average Bonchev–Trinajstić information content (AvgIpc) is 2.48. The van der Waals surface area contributed by atoms with Crippen LogP contribution in [0.4, 0.5) is 13.2 Å². The molecule has 0 amide bonds. The Hall–Kier alpha value is -1.57. The largest absolute Gasteiger partial charge is 0.481 e. The van der Waals surface area contributed by atoms with Crippen LogP contribution < -0.4 is 0 Å². The van der Waals surface area contributed by atoms with Gasteiger partial charge in [-0.3, -0.25) is 4.79 Å². The Bertz CT molecular complexity index is 400. The van der Waals surface area contributed by atoms with Gasteiger partial charge >= 0.3 is 12.1 Å². The fourth-order valence-corrected chi connectivity index (χ4v) is 1.06. The molecule has 1 aromatic rings. The van der Waals surface area contributed by atoms with Crippen molar-refractivity contribution in [1.82, 2.24) is 4.98 Å². The minimum atomic E-state index is -5.18. The Balaban J connectivity index is 3.19. The zero-order valence-electron chi connectivity index (χ0n) is 8.08. The summed E-state index contributed by atoms with van der Waals surface area (Å²) in [5.74, 6) is -2.83. The molecule has 0 bridgehead atoms. The van der Waals surface area contributed by atoms with Gasteiger partial charge in [0.1, 0.15) is 5.76 Å². The molecule has 0 aliphatic heterocycles. The molecular weight excluding hydrogens is 231 g/mol. The molecule has 0 spiro atoms. The molecule has 1 unspecified atom stereocenters. The summed E-state index contributed by atoms with van der Waals surface area (Å²) in [6.07, 6.45) is -5.77. The third kappa shape index (κ3) is 2.16. The number of halogens is 3. The summed E-state index contributed by atoms with van der Waals surface area (Å²) in [5, 5.41) is 17.7. The molecule has 8 heteroatoms. The lowest BCUT2D eigenvalue weighted by Gasteiger charge is -2.25. The van der Waals surface area contributed by atoms with Crippen LogP contribution >= 0.6 is 0 Å². The molecule has 90 valence electrons. The molecule has 5 nitrogen and oxygen atoms in total. The van der Waals surface area contributed by atoms with Crippen LogP contribution in [0, 0.1) is 6.92 Å². The van der Waals surface area contributed by atoms with Crippen molar-refractivity contribution in [3.05, 3.63) is 17.8 Å². The van der Waals surface area contributed by atoms with Gasteiger partial charge in [-0.1, -0.05) is 0 Å². The van der Waals surface area contributed by atoms with Crippen LogP contribution in [0.5, 0.6) is 0 Å². The van der Waals surface area contributed by atoms with E-state index >= 15 is 0 Å². The molecule has 0 radical (unpaired) electrons. The molecule has 2 N–H and O–H groups in total. The quantitative estimate of drug-likeness (QED) is 0.828. The third-order valence-electron chi connectivity index (χ3n) is 1.85. The molecular formula is C8H8F3NO4.